The zero-order chi connectivity index (χ0) is 34.6. The van der Waals surface area contributed by atoms with E-state index in [9.17, 15) is 19.2 Å². The first kappa shape index (κ1) is 32.2. The fourth-order valence-electron chi connectivity index (χ4n) is 6.66. The van der Waals surface area contributed by atoms with E-state index in [1.807, 2.05) is 0 Å². The van der Waals surface area contributed by atoms with Crippen molar-refractivity contribution in [3.63, 3.8) is 0 Å². The number of furan rings is 1. The summed E-state index contributed by atoms with van der Waals surface area (Å²) in [5.74, 6) is -0.514. The highest BCUT2D eigenvalue weighted by Crippen LogP contribution is 2.54. The van der Waals surface area contributed by atoms with Crippen molar-refractivity contribution in [2.24, 2.45) is 5.92 Å². The van der Waals surface area contributed by atoms with Gasteiger partial charge in [0.25, 0.3) is 0 Å². The van der Waals surface area contributed by atoms with E-state index in [2.05, 4.69) is 20.8 Å². The van der Waals surface area contributed by atoms with Crippen molar-refractivity contribution in [1.82, 2.24) is 20.8 Å². The molecule has 15 heteroatoms. The predicted molar refractivity (Wildman–Crippen MR) is 170 cm³/mol. The molecule has 254 valence electrons. The second-order valence-electron chi connectivity index (χ2n) is 12.0. The standard InChI is InChI=1S/C34H31ClN4O10/c1-15-11-21-26(31(42)34(15)32(43)27-20(45-3)13-22(46-4)28(35)30(27)48-34)18(29(47-21)16-5-7-17(44-2)8-6-16)12-25(41)36-14-23-38-33(49-39-23)19-9-10-24(40)37-19/h5-8,13,15,19H,9-12,14H2,1-4H3,(H,36,41)(H,37,40)/t15-,19?,34+/m1/s1. The molecular formula is C34H31ClN4O10. The van der Waals surface area contributed by atoms with Crippen molar-refractivity contribution in [2.45, 2.75) is 50.8 Å². The van der Waals surface area contributed by atoms with Gasteiger partial charge in [0.1, 0.15) is 45.4 Å². The first-order chi connectivity index (χ1) is 23.6. The Morgan fingerprint density at radius 3 is 2.47 bits per heavy atom. The van der Waals surface area contributed by atoms with E-state index in [1.165, 1.54) is 20.3 Å². The molecule has 3 aliphatic rings. The minimum absolute atomic E-state index is 0.0127. The van der Waals surface area contributed by atoms with E-state index >= 15 is 0 Å². The van der Waals surface area contributed by atoms with Gasteiger partial charge in [-0.2, -0.15) is 4.98 Å². The van der Waals surface area contributed by atoms with Gasteiger partial charge in [-0.25, -0.2) is 0 Å². The molecule has 3 atom stereocenters. The van der Waals surface area contributed by atoms with Crippen LogP contribution in [0.2, 0.25) is 5.02 Å². The molecule has 14 nitrogen and oxygen atoms in total. The van der Waals surface area contributed by atoms with Crippen molar-refractivity contribution in [3.05, 3.63) is 69.5 Å². The van der Waals surface area contributed by atoms with Gasteiger partial charge in [0.15, 0.2) is 11.6 Å². The predicted octanol–water partition coefficient (Wildman–Crippen LogP) is 4.21. The van der Waals surface area contributed by atoms with Gasteiger partial charge in [-0.15, -0.1) is 0 Å². The zero-order valence-electron chi connectivity index (χ0n) is 26.9. The Morgan fingerprint density at radius 2 is 1.80 bits per heavy atom. The number of methoxy groups -OCH3 is 3. The van der Waals surface area contributed by atoms with Crippen LogP contribution in [-0.2, 0) is 29.0 Å². The number of hydrogen-bond donors (Lipinski definition) is 2. The Kier molecular flexibility index (Phi) is 8.05. The average molecular weight is 691 g/mol. The van der Waals surface area contributed by atoms with Gasteiger partial charge in [0.05, 0.1) is 39.9 Å². The molecule has 2 aliphatic heterocycles. The molecule has 1 saturated heterocycles. The van der Waals surface area contributed by atoms with E-state index in [4.69, 9.17) is 39.5 Å². The number of benzene rings is 2. The first-order valence-electron chi connectivity index (χ1n) is 15.5. The van der Waals surface area contributed by atoms with Gasteiger partial charge in [0.2, 0.25) is 34.9 Å². The van der Waals surface area contributed by atoms with Crippen LogP contribution in [-0.4, -0.2) is 60.5 Å². The molecule has 1 aliphatic carbocycles. The third kappa shape index (κ3) is 5.17. The van der Waals surface area contributed by atoms with Crippen molar-refractivity contribution < 1.29 is 47.1 Å². The molecule has 0 saturated carbocycles. The van der Waals surface area contributed by atoms with Crippen LogP contribution in [0.25, 0.3) is 11.3 Å². The van der Waals surface area contributed by atoms with Gasteiger partial charge < -0.3 is 38.5 Å². The largest absolute Gasteiger partial charge is 0.497 e. The lowest BCUT2D eigenvalue weighted by Crippen LogP contribution is -2.56. The van der Waals surface area contributed by atoms with Crippen LogP contribution in [0.4, 0.5) is 0 Å². The second-order valence-corrected chi connectivity index (χ2v) is 12.4. The van der Waals surface area contributed by atoms with Crippen LogP contribution < -0.4 is 29.6 Å². The van der Waals surface area contributed by atoms with Gasteiger partial charge in [-0.3, -0.25) is 19.2 Å². The Labute approximate surface area is 284 Å². The Morgan fingerprint density at radius 1 is 1.06 bits per heavy atom. The minimum atomic E-state index is -2.00. The average Bonchev–Trinajstić information content (AvgIpc) is 3.89. The number of amides is 2. The number of fused-ring (bicyclic) bond motifs is 2. The molecule has 4 heterocycles. The molecule has 1 spiro atoms. The SMILES string of the molecule is COc1ccc(-c2oc3c(c2CC(=O)NCc2noc(C4CCC(=O)N4)n2)C(=O)[C@@]2(Oc4c(Cl)c(OC)cc(OC)c4C2=O)[C@H](C)C3)cc1. The highest BCUT2D eigenvalue weighted by molar-refractivity contribution is 6.36. The van der Waals surface area contributed by atoms with E-state index in [-0.39, 0.29) is 82.0 Å². The van der Waals surface area contributed by atoms with Crippen LogP contribution in [0.1, 0.15) is 69.6 Å². The number of rotatable bonds is 9. The molecule has 0 radical (unpaired) electrons. The smallest absolute Gasteiger partial charge is 0.249 e. The number of carbonyl (C=O) groups is 4. The first-order valence-corrected chi connectivity index (χ1v) is 15.9. The number of halogens is 1. The van der Waals surface area contributed by atoms with Gasteiger partial charge in [0, 0.05) is 36.0 Å². The number of aromatic nitrogens is 2. The summed E-state index contributed by atoms with van der Waals surface area (Å²) in [6.07, 6.45) is 0.746. The maximum absolute atomic E-state index is 14.7. The summed E-state index contributed by atoms with van der Waals surface area (Å²) in [5.41, 5.74) is -1.01. The summed E-state index contributed by atoms with van der Waals surface area (Å²) in [7, 11) is 4.34. The summed E-state index contributed by atoms with van der Waals surface area (Å²) in [5, 5.41) is 9.47. The number of nitrogens with zero attached hydrogens (tertiary/aromatic N) is 2. The molecule has 2 N–H and O–H groups in total. The topological polar surface area (TPSA) is 181 Å². The highest BCUT2D eigenvalue weighted by Gasteiger charge is 2.63. The lowest BCUT2D eigenvalue weighted by molar-refractivity contribution is -0.121. The monoisotopic (exact) mass is 690 g/mol. The molecular weight excluding hydrogens is 660 g/mol. The third-order valence-corrected chi connectivity index (χ3v) is 9.52. The van der Waals surface area contributed by atoms with E-state index in [0.717, 1.165) is 0 Å². The number of ketones is 2. The van der Waals surface area contributed by atoms with Crippen LogP contribution in [0.15, 0.2) is 39.3 Å². The molecule has 4 aromatic rings. The van der Waals surface area contributed by atoms with E-state index in [1.54, 1.807) is 38.3 Å². The zero-order valence-corrected chi connectivity index (χ0v) is 27.7. The summed E-state index contributed by atoms with van der Waals surface area (Å²) < 4.78 is 34.1. The maximum atomic E-state index is 14.7. The molecule has 1 unspecified atom stereocenters. The van der Waals surface area contributed by atoms with Crippen LogP contribution >= 0.6 is 11.6 Å². The Balaban J connectivity index is 1.24. The molecule has 2 aromatic carbocycles. The van der Waals surface area contributed by atoms with Gasteiger partial charge >= 0.3 is 0 Å². The fraction of sp³-hybridized carbons (Fsp3) is 0.353. The van der Waals surface area contributed by atoms with Crippen LogP contribution in [0.5, 0.6) is 23.0 Å². The third-order valence-electron chi connectivity index (χ3n) is 9.16. The van der Waals surface area contributed by atoms with Crippen LogP contribution in [0, 0.1) is 5.92 Å². The minimum Gasteiger partial charge on any atom is -0.497 e. The van der Waals surface area contributed by atoms with E-state index < -0.39 is 29.0 Å². The van der Waals surface area contributed by atoms with Gasteiger partial charge in [-0.05, 0) is 30.7 Å². The molecule has 2 aromatic heterocycles. The van der Waals surface area contributed by atoms with Crippen molar-refractivity contribution in [3.8, 4) is 34.3 Å². The number of carbonyl (C=O) groups excluding carboxylic acids is 4. The van der Waals surface area contributed by atoms with Crippen molar-refractivity contribution in [1.29, 1.82) is 0 Å². The fourth-order valence-corrected chi connectivity index (χ4v) is 6.92. The Bertz CT molecular complexity index is 2020. The Hall–Kier alpha value is -5.37. The van der Waals surface area contributed by atoms with Crippen LogP contribution in [0.3, 0.4) is 0 Å². The normalized spacial score (nSPS) is 20.9. The summed E-state index contributed by atoms with van der Waals surface area (Å²) in [6, 6.07) is 8.06. The maximum Gasteiger partial charge on any atom is 0.249 e. The summed E-state index contributed by atoms with van der Waals surface area (Å²) in [6.45, 7) is 1.65. The lowest BCUT2D eigenvalue weighted by Gasteiger charge is -2.35. The summed E-state index contributed by atoms with van der Waals surface area (Å²) in [4.78, 5) is 58.4. The molecule has 2 amide bonds. The highest BCUT2D eigenvalue weighted by atomic mass is 35.5. The summed E-state index contributed by atoms with van der Waals surface area (Å²) >= 11 is 6.60. The molecule has 49 heavy (non-hydrogen) atoms. The number of Topliss-reactive ketones (excluding diaryl/α,β-unsaturated/α-hetero) is 2. The molecule has 0 bridgehead atoms. The van der Waals surface area contributed by atoms with Crippen molar-refractivity contribution in [2.75, 3.05) is 21.3 Å². The molecule has 1 fully saturated rings. The van der Waals surface area contributed by atoms with Gasteiger partial charge in [-0.1, -0.05) is 23.7 Å². The van der Waals surface area contributed by atoms with E-state index in [0.29, 0.717) is 35.7 Å². The molecule has 7 rings (SSSR count). The number of hydrogen-bond acceptors (Lipinski definition) is 12. The second kappa shape index (κ2) is 12.3. The lowest BCUT2D eigenvalue weighted by atomic mass is 9.70. The van der Waals surface area contributed by atoms with Crippen molar-refractivity contribution >= 4 is 35.0 Å². The quantitative estimate of drug-likeness (QED) is 0.239. The number of ether oxygens (including phenoxy) is 4. The number of nitrogens with one attached hydrogen (secondary N) is 2.